The van der Waals surface area contributed by atoms with Crippen molar-refractivity contribution in [3.8, 4) is 0 Å². The van der Waals surface area contributed by atoms with Crippen molar-refractivity contribution in [1.29, 1.82) is 0 Å². The summed E-state index contributed by atoms with van der Waals surface area (Å²) in [6, 6.07) is 0. The van der Waals surface area contributed by atoms with Gasteiger partial charge < -0.3 is 4.90 Å². The van der Waals surface area contributed by atoms with Gasteiger partial charge in [-0.3, -0.25) is 0 Å². The molecule has 19 heavy (non-hydrogen) atoms. The second-order valence-electron chi connectivity index (χ2n) is 6.71. The average molecular weight is 334 g/mol. The molecule has 0 aromatic rings. The van der Waals surface area contributed by atoms with E-state index in [2.05, 4.69) is 48.5 Å². The molecular formula is C17H36BrN. The molecule has 0 saturated carbocycles. The number of nitrogens with zero attached hydrogens (tertiary/aromatic N) is 1. The van der Waals surface area contributed by atoms with E-state index in [0.29, 0.717) is 0 Å². The first-order chi connectivity index (χ1) is 9.06. The molecule has 0 N–H and O–H groups in total. The van der Waals surface area contributed by atoms with Crippen molar-refractivity contribution in [3.05, 3.63) is 0 Å². The van der Waals surface area contributed by atoms with E-state index < -0.39 is 0 Å². The second-order valence-corrected chi connectivity index (χ2v) is 7.50. The molecule has 0 rings (SSSR count). The quantitative estimate of drug-likeness (QED) is 0.307. The average Bonchev–Trinajstić information content (AvgIpc) is 2.30. The minimum atomic E-state index is 0.794. The third-order valence-corrected chi connectivity index (χ3v) is 3.92. The van der Waals surface area contributed by atoms with Gasteiger partial charge in [0, 0.05) is 18.4 Å². The predicted octanol–water partition coefficient (Wildman–Crippen LogP) is 5.73. The molecule has 116 valence electrons. The van der Waals surface area contributed by atoms with Gasteiger partial charge in [0.05, 0.1) is 0 Å². The van der Waals surface area contributed by atoms with Crippen LogP contribution in [-0.2, 0) is 0 Å². The zero-order valence-corrected chi connectivity index (χ0v) is 15.3. The van der Waals surface area contributed by atoms with Crippen LogP contribution in [0.5, 0.6) is 0 Å². The summed E-state index contributed by atoms with van der Waals surface area (Å²) >= 11 is 3.49. The Balaban J connectivity index is 3.52. The third kappa shape index (κ3) is 14.7. The number of unbranched alkanes of at least 4 members (excludes halogenated alkanes) is 6. The molecule has 0 aliphatic heterocycles. The second kappa shape index (κ2) is 13.4. The van der Waals surface area contributed by atoms with Crippen molar-refractivity contribution < 1.29 is 0 Å². The fourth-order valence-corrected chi connectivity index (χ4v) is 3.00. The van der Waals surface area contributed by atoms with Crippen LogP contribution in [0.2, 0.25) is 0 Å². The Hall–Kier alpha value is 0.440. The van der Waals surface area contributed by atoms with E-state index >= 15 is 0 Å². The molecule has 2 heteroatoms. The lowest BCUT2D eigenvalue weighted by Gasteiger charge is -2.26. The Kier molecular flexibility index (Phi) is 13.7. The molecule has 0 spiro atoms. The SMILES string of the molecule is CC(C)CN(CCCCCCCCCBr)CC(C)C. The van der Waals surface area contributed by atoms with Crippen molar-refractivity contribution >= 4 is 15.9 Å². The fraction of sp³-hybridized carbons (Fsp3) is 1.00. The van der Waals surface area contributed by atoms with E-state index in [1.807, 2.05) is 0 Å². The highest BCUT2D eigenvalue weighted by molar-refractivity contribution is 9.09. The van der Waals surface area contributed by atoms with Gasteiger partial charge in [0.15, 0.2) is 0 Å². The molecule has 0 aromatic carbocycles. The molecular weight excluding hydrogens is 298 g/mol. The van der Waals surface area contributed by atoms with Gasteiger partial charge in [-0.1, -0.05) is 75.7 Å². The maximum atomic E-state index is 3.49. The molecule has 0 atom stereocenters. The number of hydrogen-bond acceptors (Lipinski definition) is 1. The lowest BCUT2D eigenvalue weighted by Crippen LogP contribution is -2.32. The minimum Gasteiger partial charge on any atom is -0.303 e. The van der Waals surface area contributed by atoms with Crippen LogP contribution in [-0.4, -0.2) is 29.9 Å². The van der Waals surface area contributed by atoms with Gasteiger partial charge in [-0.15, -0.1) is 0 Å². The molecule has 0 unspecified atom stereocenters. The summed E-state index contributed by atoms with van der Waals surface area (Å²) in [5, 5.41) is 1.17. The van der Waals surface area contributed by atoms with E-state index in [-0.39, 0.29) is 0 Å². The molecule has 0 heterocycles. The van der Waals surface area contributed by atoms with Crippen LogP contribution in [0.4, 0.5) is 0 Å². The van der Waals surface area contributed by atoms with E-state index in [4.69, 9.17) is 0 Å². The Bertz CT molecular complexity index is 170. The standard InChI is InChI=1S/C17H36BrN/c1-16(2)14-19(15-17(3)4)13-11-9-7-5-6-8-10-12-18/h16-17H,5-15H2,1-4H3. The largest absolute Gasteiger partial charge is 0.303 e. The first kappa shape index (κ1) is 19.4. The van der Waals surface area contributed by atoms with Gasteiger partial charge in [0.25, 0.3) is 0 Å². The Morgan fingerprint density at radius 2 is 1.11 bits per heavy atom. The molecule has 0 radical (unpaired) electrons. The smallest absolute Gasteiger partial charge is 0.00313 e. The van der Waals surface area contributed by atoms with Gasteiger partial charge in [0.1, 0.15) is 0 Å². The first-order valence-corrected chi connectivity index (χ1v) is 9.46. The van der Waals surface area contributed by atoms with E-state index in [0.717, 1.165) is 11.8 Å². The maximum absolute atomic E-state index is 3.49. The van der Waals surface area contributed by atoms with Crippen LogP contribution >= 0.6 is 15.9 Å². The molecule has 0 saturated heterocycles. The summed E-state index contributed by atoms with van der Waals surface area (Å²) in [6.07, 6.45) is 9.83. The van der Waals surface area contributed by atoms with Gasteiger partial charge in [-0.05, 0) is 31.2 Å². The molecule has 1 nitrogen and oxygen atoms in total. The lowest BCUT2D eigenvalue weighted by atomic mass is 10.1. The van der Waals surface area contributed by atoms with Crippen molar-refractivity contribution in [2.75, 3.05) is 25.0 Å². The number of rotatable bonds is 13. The summed E-state index contributed by atoms with van der Waals surface area (Å²) < 4.78 is 0. The van der Waals surface area contributed by atoms with E-state index in [9.17, 15) is 0 Å². The van der Waals surface area contributed by atoms with Crippen molar-refractivity contribution in [3.63, 3.8) is 0 Å². The summed E-state index contributed by atoms with van der Waals surface area (Å²) in [5.41, 5.74) is 0. The highest BCUT2D eigenvalue weighted by Crippen LogP contribution is 2.10. The van der Waals surface area contributed by atoms with Crippen LogP contribution in [0.25, 0.3) is 0 Å². The van der Waals surface area contributed by atoms with Crippen LogP contribution in [0.1, 0.15) is 72.6 Å². The third-order valence-electron chi connectivity index (χ3n) is 3.35. The van der Waals surface area contributed by atoms with Crippen molar-refractivity contribution in [2.45, 2.75) is 72.6 Å². The van der Waals surface area contributed by atoms with Crippen molar-refractivity contribution in [2.24, 2.45) is 11.8 Å². The molecule has 0 aromatic heterocycles. The van der Waals surface area contributed by atoms with Crippen LogP contribution in [0, 0.1) is 11.8 Å². The summed E-state index contributed by atoms with van der Waals surface area (Å²) in [4.78, 5) is 2.67. The fourth-order valence-electron chi connectivity index (χ4n) is 2.60. The topological polar surface area (TPSA) is 3.24 Å². The molecule has 0 aliphatic carbocycles. The van der Waals surface area contributed by atoms with Crippen LogP contribution in [0.3, 0.4) is 0 Å². The summed E-state index contributed by atoms with van der Waals surface area (Å²) in [7, 11) is 0. The van der Waals surface area contributed by atoms with E-state index in [1.165, 1.54) is 69.9 Å². The van der Waals surface area contributed by atoms with Gasteiger partial charge in [0.2, 0.25) is 0 Å². The maximum Gasteiger partial charge on any atom is 0.00313 e. The monoisotopic (exact) mass is 333 g/mol. The first-order valence-electron chi connectivity index (χ1n) is 8.34. The van der Waals surface area contributed by atoms with Gasteiger partial charge in [-0.2, -0.15) is 0 Å². The molecule has 0 fully saturated rings. The molecule has 0 bridgehead atoms. The minimum absolute atomic E-state index is 0.794. The predicted molar refractivity (Wildman–Crippen MR) is 92.2 cm³/mol. The van der Waals surface area contributed by atoms with Crippen LogP contribution in [0.15, 0.2) is 0 Å². The number of alkyl halides is 1. The highest BCUT2D eigenvalue weighted by Gasteiger charge is 2.08. The Morgan fingerprint density at radius 1 is 0.684 bits per heavy atom. The van der Waals surface area contributed by atoms with Crippen molar-refractivity contribution in [1.82, 2.24) is 4.90 Å². The molecule has 0 amide bonds. The number of halogens is 1. The molecule has 0 aliphatic rings. The highest BCUT2D eigenvalue weighted by atomic mass is 79.9. The van der Waals surface area contributed by atoms with Gasteiger partial charge >= 0.3 is 0 Å². The lowest BCUT2D eigenvalue weighted by molar-refractivity contribution is 0.215. The Labute approximate surface area is 130 Å². The van der Waals surface area contributed by atoms with E-state index in [1.54, 1.807) is 0 Å². The normalized spacial score (nSPS) is 12.0. The zero-order valence-electron chi connectivity index (χ0n) is 13.8. The zero-order chi connectivity index (χ0) is 14.5. The van der Waals surface area contributed by atoms with Crippen LogP contribution < -0.4 is 0 Å². The Morgan fingerprint density at radius 3 is 1.53 bits per heavy atom. The van der Waals surface area contributed by atoms with Gasteiger partial charge in [-0.25, -0.2) is 0 Å². The summed E-state index contributed by atoms with van der Waals surface area (Å²) in [6.45, 7) is 13.2. The number of hydrogen-bond donors (Lipinski definition) is 0. The summed E-state index contributed by atoms with van der Waals surface area (Å²) in [5.74, 6) is 1.59.